The zero-order chi connectivity index (χ0) is 12.9. The number of nitrogens with one attached hydrogen (secondary N) is 1. The summed E-state index contributed by atoms with van der Waals surface area (Å²) >= 11 is 0. The van der Waals surface area contributed by atoms with Gasteiger partial charge in [0.05, 0.1) is 12.7 Å². The van der Waals surface area contributed by atoms with Crippen molar-refractivity contribution in [2.45, 2.75) is 83.7 Å². The third-order valence-electron chi connectivity index (χ3n) is 3.88. The standard InChI is InChI=1S/C16H33NO/c1-2-3-4-5-6-7-8-9-10-11-12-16-15-17-13-14-18-16/h16-17H,2-15H2,1H3/t16-/m0/s1. The van der Waals surface area contributed by atoms with Gasteiger partial charge in [-0.05, 0) is 6.42 Å². The number of hydrogen-bond donors (Lipinski definition) is 1. The zero-order valence-electron chi connectivity index (χ0n) is 12.4. The number of ether oxygens (including phenoxy) is 1. The summed E-state index contributed by atoms with van der Waals surface area (Å²) in [6.07, 6.45) is 15.9. The molecule has 1 fully saturated rings. The van der Waals surface area contributed by atoms with E-state index in [1.165, 1.54) is 70.6 Å². The van der Waals surface area contributed by atoms with Crippen LogP contribution in [-0.2, 0) is 4.74 Å². The number of unbranched alkanes of at least 4 members (excludes halogenated alkanes) is 9. The highest BCUT2D eigenvalue weighted by Crippen LogP contribution is 2.13. The molecule has 0 aliphatic carbocycles. The molecule has 2 heteroatoms. The van der Waals surface area contributed by atoms with Crippen LogP contribution in [0.25, 0.3) is 0 Å². The fourth-order valence-corrected chi connectivity index (χ4v) is 2.66. The molecule has 1 N–H and O–H groups in total. The lowest BCUT2D eigenvalue weighted by atomic mass is 10.0. The third kappa shape index (κ3) is 8.93. The van der Waals surface area contributed by atoms with Gasteiger partial charge in [0.2, 0.25) is 0 Å². The molecule has 0 amide bonds. The number of hydrogen-bond acceptors (Lipinski definition) is 2. The van der Waals surface area contributed by atoms with Crippen molar-refractivity contribution < 1.29 is 4.74 Å². The molecule has 0 radical (unpaired) electrons. The van der Waals surface area contributed by atoms with Gasteiger partial charge in [0, 0.05) is 13.1 Å². The van der Waals surface area contributed by atoms with Crippen LogP contribution in [0.1, 0.15) is 77.6 Å². The van der Waals surface area contributed by atoms with E-state index in [2.05, 4.69) is 12.2 Å². The molecule has 0 aromatic heterocycles. The lowest BCUT2D eigenvalue weighted by Crippen LogP contribution is -2.38. The molecule has 0 bridgehead atoms. The second-order valence-corrected chi connectivity index (χ2v) is 5.67. The predicted molar refractivity (Wildman–Crippen MR) is 79.1 cm³/mol. The summed E-state index contributed by atoms with van der Waals surface area (Å²) in [4.78, 5) is 0. The van der Waals surface area contributed by atoms with Crippen LogP contribution in [0.15, 0.2) is 0 Å². The predicted octanol–water partition coefficient (Wildman–Crippen LogP) is 4.29. The Hall–Kier alpha value is -0.0800. The molecule has 18 heavy (non-hydrogen) atoms. The molecule has 1 aliphatic heterocycles. The smallest absolute Gasteiger partial charge is 0.0700 e. The molecule has 2 nitrogen and oxygen atoms in total. The minimum absolute atomic E-state index is 0.493. The maximum atomic E-state index is 5.70. The van der Waals surface area contributed by atoms with Crippen molar-refractivity contribution in [3.8, 4) is 0 Å². The lowest BCUT2D eigenvalue weighted by Gasteiger charge is -2.23. The summed E-state index contributed by atoms with van der Waals surface area (Å²) in [6.45, 7) is 5.29. The van der Waals surface area contributed by atoms with Gasteiger partial charge in [-0.2, -0.15) is 0 Å². The minimum atomic E-state index is 0.493. The summed E-state index contributed by atoms with van der Waals surface area (Å²) in [7, 11) is 0. The second kappa shape index (κ2) is 12.0. The van der Waals surface area contributed by atoms with Crippen LogP contribution in [0.2, 0.25) is 0 Å². The van der Waals surface area contributed by atoms with E-state index in [1.54, 1.807) is 0 Å². The highest BCUT2D eigenvalue weighted by Gasteiger charge is 2.11. The van der Waals surface area contributed by atoms with Crippen molar-refractivity contribution in [2.75, 3.05) is 19.7 Å². The first-order chi connectivity index (χ1) is 8.93. The van der Waals surface area contributed by atoms with Gasteiger partial charge in [-0.15, -0.1) is 0 Å². The molecule has 0 saturated carbocycles. The molecule has 1 saturated heterocycles. The van der Waals surface area contributed by atoms with E-state index in [0.29, 0.717) is 6.10 Å². The normalized spacial score (nSPS) is 20.2. The van der Waals surface area contributed by atoms with E-state index < -0.39 is 0 Å². The van der Waals surface area contributed by atoms with Crippen LogP contribution in [0, 0.1) is 0 Å². The molecule has 0 unspecified atom stereocenters. The first kappa shape index (κ1) is 16.0. The monoisotopic (exact) mass is 255 g/mol. The maximum Gasteiger partial charge on any atom is 0.0700 e. The first-order valence-corrected chi connectivity index (χ1v) is 8.26. The molecule has 1 atom stereocenters. The van der Waals surface area contributed by atoms with Gasteiger partial charge in [0.15, 0.2) is 0 Å². The maximum absolute atomic E-state index is 5.70. The van der Waals surface area contributed by atoms with Gasteiger partial charge in [0.1, 0.15) is 0 Å². The van der Waals surface area contributed by atoms with E-state index in [-0.39, 0.29) is 0 Å². The van der Waals surface area contributed by atoms with E-state index in [4.69, 9.17) is 4.74 Å². The summed E-state index contributed by atoms with van der Waals surface area (Å²) in [5, 5.41) is 3.40. The van der Waals surface area contributed by atoms with Crippen molar-refractivity contribution in [1.29, 1.82) is 0 Å². The molecule has 0 aromatic rings. The molecule has 1 heterocycles. The van der Waals surface area contributed by atoms with Gasteiger partial charge in [-0.1, -0.05) is 71.1 Å². The fraction of sp³-hybridized carbons (Fsp3) is 1.00. The molecular weight excluding hydrogens is 222 g/mol. The van der Waals surface area contributed by atoms with Crippen LogP contribution in [0.4, 0.5) is 0 Å². The molecule has 0 aromatic carbocycles. The van der Waals surface area contributed by atoms with Crippen LogP contribution >= 0.6 is 0 Å². The van der Waals surface area contributed by atoms with E-state index >= 15 is 0 Å². The van der Waals surface area contributed by atoms with Crippen molar-refractivity contribution in [3.63, 3.8) is 0 Å². The number of rotatable bonds is 11. The highest BCUT2D eigenvalue weighted by molar-refractivity contribution is 4.66. The van der Waals surface area contributed by atoms with Crippen LogP contribution in [-0.4, -0.2) is 25.8 Å². The average molecular weight is 255 g/mol. The van der Waals surface area contributed by atoms with E-state index in [9.17, 15) is 0 Å². The van der Waals surface area contributed by atoms with Crippen molar-refractivity contribution >= 4 is 0 Å². The SMILES string of the molecule is CCCCCCCCCCCC[C@H]1CNCCO1. The Bertz CT molecular complexity index is 166. The molecule has 1 aliphatic rings. The quantitative estimate of drug-likeness (QED) is 0.556. The van der Waals surface area contributed by atoms with Crippen LogP contribution in [0.3, 0.4) is 0 Å². The second-order valence-electron chi connectivity index (χ2n) is 5.67. The zero-order valence-corrected chi connectivity index (χ0v) is 12.4. The van der Waals surface area contributed by atoms with Crippen molar-refractivity contribution in [2.24, 2.45) is 0 Å². The lowest BCUT2D eigenvalue weighted by molar-refractivity contribution is 0.0220. The Morgan fingerprint density at radius 3 is 2.06 bits per heavy atom. The molecular formula is C16H33NO. The summed E-state index contributed by atoms with van der Waals surface area (Å²) in [5.41, 5.74) is 0. The van der Waals surface area contributed by atoms with Crippen LogP contribution < -0.4 is 5.32 Å². The summed E-state index contributed by atoms with van der Waals surface area (Å²) < 4.78 is 5.70. The van der Waals surface area contributed by atoms with Crippen molar-refractivity contribution in [1.82, 2.24) is 5.32 Å². The number of morpholine rings is 1. The Balaban J connectivity index is 1.73. The summed E-state index contributed by atoms with van der Waals surface area (Å²) in [6, 6.07) is 0. The van der Waals surface area contributed by atoms with Crippen molar-refractivity contribution in [3.05, 3.63) is 0 Å². The first-order valence-electron chi connectivity index (χ1n) is 8.26. The van der Waals surface area contributed by atoms with Gasteiger partial charge in [-0.25, -0.2) is 0 Å². The summed E-state index contributed by atoms with van der Waals surface area (Å²) in [5.74, 6) is 0. The third-order valence-corrected chi connectivity index (χ3v) is 3.88. The fourth-order valence-electron chi connectivity index (χ4n) is 2.66. The van der Waals surface area contributed by atoms with E-state index in [1.807, 2.05) is 0 Å². The van der Waals surface area contributed by atoms with Gasteiger partial charge in [0.25, 0.3) is 0 Å². The topological polar surface area (TPSA) is 21.3 Å². The van der Waals surface area contributed by atoms with Crippen LogP contribution in [0.5, 0.6) is 0 Å². The molecule has 108 valence electrons. The molecule has 0 spiro atoms. The van der Waals surface area contributed by atoms with Gasteiger partial charge >= 0.3 is 0 Å². The molecule has 1 rings (SSSR count). The average Bonchev–Trinajstić information content (AvgIpc) is 2.42. The largest absolute Gasteiger partial charge is 0.376 e. The Morgan fingerprint density at radius 2 is 1.50 bits per heavy atom. The Morgan fingerprint density at radius 1 is 0.889 bits per heavy atom. The highest BCUT2D eigenvalue weighted by atomic mass is 16.5. The Labute approximate surface area is 114 Å². The van der Waals surface area contributed by atoms with Gasteiger partial charge in [-0.3, -0.25) is 0 Å². The minimum Gasteiger partial charge on any atom is -0.376 e. The van der Waals surface area contributed by atoms with E-state index in [0.717, 1.165) is 19.7 Å². The van der Waals surface area contributed by atoms with Gasteiger partial charge < -0.3 is 10.1 Å². The Kier molecular flexibility index (Phi) is 10.6.